The standard InChI is InChI=1S/C11H18O/c1-10(2)8-5-4-6-11(3,7-8)9(10)12/h8H,4-7H2,1-3H3. The molecule has 12 heavy (non-hydrogen) atoms. The van der Waals surface area contributed by atoms with Crippen LogP contribution in [0.1, 0.15) is 46.5 Å². The second kappa shape index (κ2) is 2.12. The lowest BCUT2D eigenvalue weighted by Gasteiger charge is -2.27. The average Bonchev–Trinajstić information content (AvgIpc) is 2.12. The summed E-state index contributed by atoms with van der Waals surface area (Å²) < 4.78 is 0. The molecule has 0 amide bonds. The second-order valence-electron chi connectivity index (χ2n) is 5.40. The van der Waals surface area contributed by atoms with E-state index >= 15 is 0 Å². The summed E-state index contributed by atoms with van der Waals surface area (Å²) in [7, 11) is 0. The zero-order valence-corrected chi connectivity index (χ0v) is 8.31. The highest BCUT2D eigenvalue weighted by molar-refractivity contribution is 5.92. The van der Waals surface area contributed by atoms with Crippen LogP contribution in [0.25, 0.3) is 0 Å². The topological polar surface area (TPSA) is 17.1 Å². The first-order valence-electron chi connectivity index (χ1n) is 5.02. The molecule has 2 aliphatic rings. The largest absolute Gasteiger partial charge is 0.298 e. The fraction of sp³-hybridized carbons (Fsp3) is 0.909. The van der Waals surface area contributed by atoms with E-state index in [0.29, 0.717) is 11.7 Å². The highest BCUT2D eigenvalue weighted by atomic mass is 16.1. The van der Waals surface area contributed by atoms with Gasteiger partial charge in [0.05, 0.1) is 0 Å². The van der Waals surface area contributed by atoms with Crippen molar-refractivity contribution in [1.82, 2.24) is 0 Å². The van der Waals surface area contributed by atoms with Crippen molar-refractivity contribution in [2.75, 3.05) is 0 Å². The Morgan fingerprint density at radius 2 is 2.00 bits per heavy atom. The first-order valence-corrected chi connectivity index (χ1v) is 5.02. The highest BCUT2D eigenvalue weighted by Gasteiger charge is 2.56. The molecule has 1 nitrogen and oxygen atoms in total. The number of hydrogen-bond acceptors (Lipinski definition) is 1. The third kappa shape index (κ3) is 0.826. The lowest BCUT2D eigenvalue weighted by molar-refractivity contribution is -0.132. The first-order chi connectivity index (χ1) is 5.47. The lowest BCUT2D eigenvalue weighted by Crippen LogP contribution is -2.29. The van der Waals surface area contributed by atoms with Gasteiger partial charge in [-0.05, 0) is 25.2 Å². The minimum Gasteiger partial charge on any atom is -0.298 e. The van der Waals surface area contributed by atoms with Crippen LogP contribution in [0.2, 0.25) is 0 Å². The number of carbonyl (C=O) groups excluding carboxylic acids is 1. The van der Waals surface area contributed by atoms with Crippen molar-refractivity contribution in [3.63, 3.8) is 0 Å². The van der Waals surface area contributed by atoms with Gasteiger partial charge in [-0.3, -0.25) is 4.79 Å². The van der Waals surface area contributed by atoms with Crippen LogP contribution in [0.3, 0.4) is 0 Å². The molecule has 0 aromatic heterocycles. The van der Waals surface area contributed by atoms with Gasteiger partial charge in [-0.1, -0.05) is 27.2 Å². The van der Waals surface area contributed by atoms with Crippen molar-refractivity contribution in [3.05, 3.63) is 0 Å². The Morgan fingerprint density at radius 1 is 1.33 bits per heavy atom. The summed E-state index contributed by atoms with van der Waals surface area (Å²) >= 11 is 0. The maximum absolute atomic E-state index is 12.0. The van der Waals surface area contributed by atoms with Gasteiger partial charge >= 0.3 is 0 Å². The zero-order valence-electron chi connectivity index (χ0n) is 8.31. The molecule has 2 unspecified atom stereocenters. The van der Waals surface area contributed by atoms with E-state index in [1.54, 1.807) is 0 Å². The van der Waals surface area contributed by atoms with E-state index in [4.69, 9.17) is 0 Å². The smallest absolute Gasteiger partial charge is 0.144 e. The van der Waals surface area contributed by atoms with Gasteiger partial charge in [-0.25, -0.2) is 0 Å². The average molecular weight is 166 g/mol. The fourth-order valence-corrected chi connectivity index (χ4v) is 3.27. The number of fused-ring (bicyclic) bond motifs is 2. The first kappa shape index (κ1) is 8.28. The van der Waals surface area contributed by atoms with Crippen LogP contribution in [0.5, 0.6) is 0 Å². The van der Waals surface area contributed by atoms with E-state index in [0.717, 1.165) is 12.8 Å². The third-order valence-corrected chi connectivity index (χ3v) is 4.13. The highest BCUT2D eigenvalue weighted by Crippen LogP contribution is 2.57. The monoisotopic (exact) mass is 166 g/mol. The van der Waals surface area contributed by atoms with Gasteiger partial charge in [0.1, 0.15) is 5.78 Å². The summed E-state index contributed by atoms with van der Waals surface area (Å²) in [5.74, 6) is 1.20. The van der Waals surface area contributed by atoms with Crippen molar-refractivity contribution in [3.8, 4) is 0 Å². The van der Waals surface area contributed by atoms with Gasteiger partial charge < -0.3 is 0 Å². The van der Waals surface area contributed by atoms with Crippen molar-refractivity contribution < 1.29 is 4.79 Å². The van der Waals surface area contributed by atoms with Crippen LogP contribution in [0, 0.1) is 16.7 Å². The summed E-state index contributed by atoms with van der Waals surface area (Å²) in [5, 5.41) is 0. The Morgan fingerprint density at radius 3 is 2.50 bits per heavy atom. The zero-order chi connectivity index (χ0) is 8.98. The molecule has 2 bridgehead atoms. The van der Waals surface area contributed by atoms with Crippen LogP contribution in [0.4, 0.5) is 0 Å². The maximum Gasteiger partial charge on any atom is 0.144 e. The van der Waals surface area contributed by atoms with E-state index < -0.39 is 0 Å². The van der Waals surface area contributed by atoms with E-state index in [2.05, 4.69) is 20.8 Å². The van der Waals surface area contributed by atoms with Gasteiger partial charge in [-0.2, -0.15) is 0 Å². The molecule has 0 saturated heterocycles. The summed E-state index contributed by atoms with van der Waals surface area (Å²) in [6.45, 7) is 6.43. The Kier molecular flexibility index (Phi) is 1.47. The van der Waals surface area contributed by atoms with Crippen molar-refractivity contribution in [2.24, 2.45) is 16.7 Å². The molecule has 0 aromatic carbocycles. The number of rotatable bonds is 0. The second-order valence-corrected chi connectivity index (χ2v) is 5.40. The Hall–Kier alpha value is -0.330. The molecule has 0 aromatic rings. The summed E-state index contributed by atoms with van der Waals surface area (Å²) in [6, 6.07) is 0. The SMILES string of the molecule is CC12CCCC(C1)C(C)(C)C2=O. The van der Waals surface area contributed by atoms with E-state index in [9.17, 15) is 4.79 Å². The molecular weight excluding hydrogens is 148 g/mol. The van der Waals surface area contributed by atoms with Crippen molar-refractivity contribution in [2.45, 2.75) is 46.5 Å². The number of ketones is 1. The van der Waals surface area contributed by atoms with Crippen LogP contribution in [-0.4, -0.2) is 5.78 Å². The van der Waals surface area contributed by atoms with Gasteiger partial charge in [0, 0.05) is 10.8 Å². The predicted molar refractivity (Wildman–Crippen MR) is 48.9 cm³/mol. The molecule has 1 heteroatoms. The van der Waals surface area contributed by atoms with Gasteiger partial charge in [-0.15, -0.1) is 0 Å². The molecule has 0 spiro atoms. The van der Waals surface area contributed by atoms with Gasteiger partial charge in [0.25, 0.3) is 0 Å². The maximum atomic E-state index is 12.0. The minimum absolute atomic E-state index is 0.0226. The van der Waals surface area contributed by atoms with Crippen LogP contribution in [0.15, 0.2) is 0 Å². The molecule has 2 rings (SSSR count). The molecule has 0 heterocycles. The molecule has 2 fully saturated rings. The van der Waals surface area contributed by atoms with Crippen LogP contribution < -0.4 is 0 Å². The number of hydrogen-bond donors (Lipinski definition) is 0. The minimum atomic E-state index is -0.0226. The molecule has 2 saturated carbocycles. The van der Waals surface area contributed by atoms with Crippen LogP contribution >= 0.6 is 0 Å². The Balaban J connectivity index is 2.40. The molecule has 2 atom stereocenters. The van der Waals surface area contributed by atoms with Crippen molar-refractivity contribution in [1.29, 1.82) is 0 Å². The molecular formula is C11H18O. The van der Waals surface area contributed by atoms with Gasteiger partial charge in [0.15, 0.2) is 0 Å². The summed E-state index contributed by atoms with van der Waals surface area (Å²) in [5.41, 5.74) is 0.0255. The molecule has 0 radical (unpaired) electrons. The molecule has 2 aliphatic carbocycles. The van der Waals surface area contributed by atoms with E-state index in [1.807, 2.05) is 0 Å². The Labute approximate surface area is 74.5 Å². The molecule has 68 valence electrons. The summed E-state index contributed by atoms with van der Waals surface area (Å²) in [6.07, 6.45) is 4.81. The predicted octanol–water partition coefficient (Wildman–Crippen LogP) is 2.79. The normalized spacial score (nSPS) is 44.9. The third-order valence-electron chi connectivity index (χ3n) is 4.13. The lowest BCUT2D eigenvalue weighted by atomic mass is 9.77. The quantitative estimate of drug-likeness (QED) is 0.541. The van der Waals surface area contributed by atoms with E-state index in [-0.39, 0.29) is 10.8 Å². The Bertz CT molecular complexity index is 222. The molecule has 0 N–H and O–H groups in total. The van der Waals surface area contributed by atoms with Crippen LogP contribution in [-0.2, 0) is 4.79 Å². The summed E-state index contributed by atoms with van der Waals surface area (Å²) in [4.78, 5) is 12.0. The van der Waals surface area contributed by atoms with Gasteiger partial charge in [0.2, 0.25) is 0 Å². The number of carbonyl (C=O) groups is 1. The molecule has 0 aliphatic heterocycles. The number of Topliss-reactive ketones (excluding diaryl/α,β-unsaturated/α-hetero) is 1. The van der Waals surface area contributed by atoms with Crippen molar-refractivity contribution >= 4 is 5.78 Å². The van der Waals surface area contributed by atoms with E-state index in [1.165, 1.54) is 12.8 Å². The fourth-order valence-electron chi connectivity index (χ4n) is 3.27.